The first kappa shape index (κ1) is 19.0. The third-order valence-corrected chi connectivity index (χ3v) is 5.27. The number of benzene rings is 1. The van der Waals surface area contributed by atoms with Gasteiger partial charge >= 0.3 is 0 Å². The molecule has 27 heavy (non-hydrogen) atoms. The van der Waals surface area contributed by atoms with E-state index in [0.717, 1.165) is 43.5 Å². The summed E-state index contributed by atoms with van der Waals surface area (Å²) in [5.41, 5.74) is 1.06. The van der Waals surface area contributed by atoms with E-state index in [1.807, 2.05) is 19.2 Å². The van der Waals surface area contributed by atoms with Crippen LogP contribution in [0.25, 0.3) is 10.8 Å². The van der Waals surface area contributed by atoms with Crippen LogP contribution in [0.1, 0.15) is 12.8 Å². The van der Waals surface area contributed by atoms with Gasteiger partial charge in [0.05, 0.1) is 16.9 Å². The number of fused-ring (bicyclic) bond motifs is 1. The first-order chi connectivity index (χ1) is 13.0. The third-order valence-electron chi connectivity index (χ3n) is 5.27. The Morgan fingerprint density at radius 2 is 2.07 bits per heavy atom. The van der Waals surface area contributed by atoms with Crippen LogP contribution in [0.15, 0.2) is 30.6 Å². The molecule has 3 rings (SSSR count). The Hall–Kier alpha value is -2.74. The number of carbonyl (C=O) groups excluding carboxylic acids is 1. The quantitative estimate of drug-likeness (QED) is 0.617. The number of non-ortho nitro benzene ring substituents is 1. The molecule has 8 nitrogen and oxygen atoms in total. The fraction of sp³-hybridized carbons (Fsp3) is 0.474. The smallest absolute Gasteiger partial charge is 0.278 e. The number of nitro benzene ring substituents is 1. The number of piperidine rings is 1. The lowest BCUT2D eigenvalue weighted by atomic mass is 9.95. The molecule has 2 aromatic rings. The molecule has 1 N–H and O–H groups in total. The monoisotopic (exact) mass is 371 g/mol. The highest BCUT2D eigenvalue weighted by Gasteiger charge is 2.23. The number of rotatable bonds is 6. The summed E-state index contributed by atoms with van der Waals surface area (Å²) in [5.74, 6) is 0.583. The normalized spacial score (nSPS) is 15.6. The molecule has 0 saturated carbocycles. The summed E-state index contributed by atoms with van der Waals surface area (Å²) in [6, 6.07) is 5.21. The minimum absolute atomic E-state index is 0.0523. The second-order valence-corrected chi connectivity index (χ2v) is 7.06. The van der Waals surface area contributed by atoms with E-state index in [1.165, 1.54) is 0 Å². The largest absolute Gasteiger partial charge is 0.374 e. The summed E-state index contributed by atoms with van der Waals surface area (Å²) < 4.78 is 0. The van der Waals surface area contributed by atoms with E-state index < -0.39 is 0 Å². The van der Waals surface area contributed by atoms with Crippen LogP contribution < -0.4 is 10.2 Å². The predicted octanol–water partition coefficient (Wildman–Crippen LogP) is 2.04. The van der Waals surface area contributed by atoms with Gasteiger partial charge in [-0.15, -0.1) is 0 Å². The van der Waals surface area contributed by atoms with Crippen LogP contribution >= 0.6 is 0 Å². The van der Waals surface area contributed by atoms with E-state index in [-0.39, 0.29) is 16.5 Å². The van der Waals surface area contributed by atoms with Gasteiger partial charge in [0, 0.05) is 50.2 Å². The number of pyridine rings is 1. The van der Waals surface area contributed by atoms with E-state index in [0.29, 0.717) is 17.8 Å². The fourth-order valence-corrected chi connectivity index (χ4v) is 3.75. The maximum atomic E-state index is 11.5. The Bertz CT molecular complexity index is 833. The van der Waals surface area contributed by atoms with Crippen molar-refractivity contribution < 1.29 is 9.72 Å². The van der Waals surface area contributed by atoms with Gasteiger partial charge in [0.25, 0.3) is 5.69 Å². The van der Waals surface area contributed by atoms with Gasteiger partial charge in [-0.1, -0.05) is 0 Å². The van der Waals surface area contributed by atoms with Crippen LogP contribution in [0.3, 0.4) is 0 Å². The predicted molar refractivity (Wildman–Crippen MR) is 105 cm³/mol. The molecule has 1 fully saturated rings. The topological polar surface area (TPSA) is 91.6 Å². The molecule has 1 aliphatic rings. The molecule has 1 aromatic carbocycles. The first-order valence-corrected chi connectivity index (χ1v) is 9.14. The molecule has 8 heteroatoms. The number of hydrogen-bond acceptors (Lipinski definition) is 6. The lowest BCUT2D eigenvalue weighted by Crippen LogP contribution is -2.42. The van der Waals surface area contributed by atoms with Crippen LogP contribution in [-0.2, 0) is 4.79 Å². The Kier molecular flexibility index (Phi) is 5.85. The molecule has 1 aliphatic heterocycles. The van der Waals surface area contributed by atoms with Gasteiger partial charge in [-0.05, 0) is 44.0 Å². The average molecular weight is 371 g/mol. The number of likely N-dealkylation sites (tertiary alicyclic amines) is 1. The second kappa shape index (κ2) is 8.30. The molecular formula is C19H25N5O3. The highest BCUT2D eigenvalue weighted by molar-refractivity contribution is 5.99. The highest BCUT2D eigenvalue weighted by Crippen LogP contribution is 2.33. The summed E-state index contributed by atoms with van der Waals surface area (Å²) in [4.78, 5) is 30.8. The van der Waals surface area contributed by atoms with Gasteiger partial charge in [-0.25, -0.2) is 0 Å². The van der Waals surface area contributed by atoms with Crippen molar-refractivity contribution in [3.63, 3.8) is 0 Å². The molecule has 0 bridgehead atoms. The Morgan fingerprint density at radius 1 is 1.33 bits per heavy atom. The molecule has 1 amide bonds. The first-order valence-electron chi connectivity index (χ1n) is 9.14. The Morgan fingerprint density at radius 3 is 2.74 bits per heavy atom. The zero-order valence-corrected chi connectivity index (χ0v) is 15.7. The summed E-state index contributed by atoms with van der Waals surface area (Å²) in [7, 11) is 3.69. The molecule has 0 radical (unpaired) electrons. The third kappa shape index (κ3) is 4.33. The fourth-order valence-electron chi connectivity index (χ4n) is 3.75. The Labute approximate surface area is 158 Å². The maximum absolute atomic E-state index is 11.5. The molecular weight excluding hydrogens is 346 g/mol. The lowest BCUT2D eigenvalue weighted by molar-refractivity contribution is -0.383. The van der Waals surface area contributed by atoms with Crippen LogP contribution in [0.4, 0.5) is 11.4 Å². The van der Waals surface area contributed by atoms with Gasteiger partial charge in [0.2, 0.25) is 5.91 Å². The molecule has 144 valence electrons. The number of aromatic nitrogens is 1. The highest BCUT2D eigenvalue weighted by atomic mass is 16.6. The standard InChI is InChI=1S/C19H25N5O3/c1-20-19(25)13-23-9-6-14(7-10-23)12-22(2)17-3-4-18(24(26)27)16-11-21-8-5-15(16)17/h3-5,8,11,14H,6-7,9-10,12-13H2,1-2H3,(H,20,25). The van der Waals surface area contributed by atoms with Gasteiger partial charge in [-0.3, -0.25) is 24.8 Å². The zero-order valence-electron chi connectivity index (χ0n) is 15.7. The lowest BCUT2D eigenvalue weighted by Gasteiger charge is -2.34. The summed E-state index contributed by atoms with van der Waals surface area (Å²) >= 11 is 0. The summed E-state index contributed by atoms with van der Waals surface area (Å²) in [5, 5.41) is 15.3. The van der Waals surface area contributed by atoms with Gasteiger partial charge < -0.3 is 10.2 Å². The van der Waals surface area contributed by atoms with Gasteiger partial charge in [0.15, 0.2) is 0 Å². The van der Waals surface area contributed by atoms with Crippen molar-refractivity contribution in [3.05, 3.63) is 40.7 Å². The van der Waals surface area contributed by atoms with Crippen LogP contribution in [0.2, 0.25) is 0 Å². The SMILES string of the molecule is CNC(=O)CN1CCC(CN(C)c2ccc([N+](=O)[O-])c3cnccc23)CC1. The number of nitrogens with one attached hydrogen (secondary N) is 1. The van der Waals surface area contributed by atoms with Crippen molar-refractivity contribution in [3.8, 4) is 0 Å². The molecule has 0 unspecified atom stereocenters. The van der Waals surface area contributed by atoms with E-state index in [4.69, 9.17) is 0 Å². The number of likely N-dealkylation sites (N-methyl/N-ethyl adjacent to an activating group) is 1. The van der Waals surface area contributed by atoms with Crippen LogP contribution in [-0.4, -0.2) is 61.0 Å². The van der Waals surface area contributed by atoms with Gasteiger partial charge in [-0.2, -0.15) is 0 Å². The number of carbonyl (C=O) groups is 1. The van der Waals surface area contributed by atoms with Crippen LogP contribution in [0.5, 0.6) is 0 Å². The van der Waals surface area contributed by atoms with Crippen molar-refractivity contribution in [1.82, 2.24) is 15.2 Å². The number of hydrogen-bond donors (Lipinski definition) is 1. The molecule has 0 atom stereocenters. The Balaban J connectivity index is 1.69. The number of anilines is 1. The van der Waals surface area contributed by atoms with E-state index >= 15 is 0 Å². The van der Waals surface area contributed by atoms with Gasteiger partial charge in [0.1, 0.15) is 0 Å². The van der Waals surface area contributed by atoms with Crippen molar-refractivity contribution in [2.24, 2.45) is 5.92 Å². The minimum Gasteiger partial charge on any atom is -0.374 e. The minimum atomic E-state index is -0.365. The summed E-state index contributed by atoms with van der Waals surface area (Å²) in [6.07, 6.45) is 5.30. The van der Waals surface area contributed by atoms with Crippen molar-refractivity contribution in [1.29, 1.82) is 0 Å². The molecule has 0 spiro atoms. The van der Waals surface area contributed by atoms with Crippen molar-refractivity contribution >= 4 is 28.1 Å². The second-order valence-electron chi connectivity index (χ2n) is 7.06. The van der Waals surface area contributed by atoms with Crippen molar-refractivity contribution in [2.45, 2.75) is 12.8 Å². The number of nitrogens with zero attached hydrogens (tertiary/aromatic N) is 4. The molecule has 2 heterocycles. The van der Waals surface area contributed by atoms with E-state index in [2.05, 4.69) is 20.1 Å². The molecule has 1 aromatic heterocycles. The molecule has 1 saturated heterocycles. The van der Waals surface area contributed by atoms with E-state index in [1.54, 1.807) is 25.5 Å². The van der Waals surface area contributed by atoms with E-state index in [9.17, 15) is 14.9 Å². The average Bonchev–Trinajstić information content (AvgIpc) is 2.68. The zero-order chi connectivity index (χ0) is 19.4. The van der Waals surface area contributed by atoms with Crippen molar-refractivity contribution in [2.75, 3.05) is 45.2 Å². The number of nitro groups is 1. The summed E-state index contributed by atoms with van der Waals surface area (Å²) in [6.45, 7) is 3.16. The van der Waals surface area contributed by atoms with Crippen LogP contribution in [0, 0.1) is 16.0 Å². The number of amides is 1. The molecule has 0 aliphatic carbocycles. The maximum Gasteiger partial charge on any atom is 0.278 e.